The van der Waals surface area contributed by atoms with Gasteiger partial charge in [-0.05, 0) is 10.8 Å². The molecule has 3 heteroatoms. The van der Waals surface area contributed by atoms with Crippen LogP contribution in [0.1, 0.15) is 5.56 Å². The highest BCUT2D eigenvalue weighted by atomic mass is 28.3. The van der Waals surface area contributed by atoms with Crippen molar-refractivity contribution >= 4 is 20.5 Å². The first-order valence-corrected chi connectivity index (χ1v) is 6.29. The van der Waals surface area contributed by atoms with Gasteiger partial charge < -0.3 is 8.85 Å². The van der Waals surface area contributed by atoms with Crippen LogP contribution in [0.25, 0.3) is 6.08 Å². The molecule has 0 atom stereocenters. The van der Waals surface area contributed by atoms with Gasteiger partial charge in [-0.1, -0.05) is 49.1 Å². The maximum Gasteiger partial charge on any atom is 0.355 e. The summed E-state index contributed by atoms with van der Waals surface area (Å²) in [6, 6.07) is 8.10. The van der Waals surface area contributed by atoms with Crippen LogP contribution in [0.4, 0.5) is 0 Å². The van der Waals surface area contributed by atoms with E-state index in [0.717, 1.165) is 10.8 Å². The van der Waals surface area contributed by atoms with Crippen molar-refractivity contribution in [3.8, 4) is 0 Å². The van der Waals surface area contributed by atoms with Gasteiger partial charge in [-0.3, -0.25) is 0 Å². The minimum atomic E-state index is -1.72. The molecule has 0 aliphatic heterocycles. The van der Waals surface area contributed by atoms with Gasteiger partial charge in [-0.15, -0.1) is 0 Å². The Bertz CT molecular complexity index is 343. The van der Waals surface area contributed by atoms with Crippen LogP contribution in [-0.4, -0.2) is 23.5 Å². The molecule has 1 aromatic rings. The van der Waals surface area contributed by atoms with E-state index >= 15 is 0 Å². The summed E-state index contributed by atoms with van der Waals surface area (Å²) in [6.45, 7) is 3.65. The van der Waals surface area contributed by atoms with Crippen LogP contribution in [0.5, 0.6) is 0 Å². The van der Waals surface area contributed by atoms with Gasteiger partial charge >= 0.3 is 9.28 Å². The van der Waals surface area contributed by atoms with Gasteiger partial charge in [0, 0.05) is 14.2 Å². The van der Waals surface area contributed by atoms with Crippen molar-refractivity contribution in [1.82, 2.24) is 0 Å². The van der Waals surface area contributed by atoms with E-state index in [4.69, 9.17) is 8.85 Å². The average Bonchev–Trinajstić information content (AvgIpc) is 2.29. The second-order valence-electron chi connectivity index (χ2n) is 3.03. The van der Waals surface area contributed by atoms with E-state index in [-0.39, 0.29) is 0 Å². The molecule has 0 unspecified atom stereocenters. The topological polar surface area (TPSA) is 18.5 Å². The highest BCUT2D eigenvalue weighted by molar-refractivity contribution is 6.62. The Morgan fingerprint density at radius 3 is 2.47 bits per heavy atom. The molecule has 80 valence electrons. The minimum Gasteiger partial charge on any atom is -0.397 e. The molecule has 0 saturated heterocycles. The van der Waals surface area contributed by atoms with Gasteiger partial charge in [0.25, 0.3) is 0 Å². The lowest BCUT2D eigenvalue weighted by molar-refractivity contribution is 0.292. The normalized spacial score (nSPS) is 11.1. The lowest BCUT2D eigenvalue weighted by Crippen LogP contribution is -2.36. The Morgan fingerprint density at radius 1 is 1.20 bits per heavy atom. The van der Waals surface area contributed by atoms with E-state index in [2.05, 4.69) is 6.58 Å². The molecule has 1 aromatic carbocycles. The lowest BCUT2D eigenvalue weighted by atomic mass is 10.2. The second kappa shape index (κ2) is 6.34. The van der Waals surface area contributed by atoms with Crippen molar-refractivity contribution in [3.05, 3.63) is 48.6 Å². The van der Waals surface area contributed by atoms with E-state index in [9.17, 15) is 0 Å². The summed E-state index contributed by atoms with van der Waals surface area (Å²) < 4.78 is 10.7. The van der Waals surface area contributed by atoms with Crippen LogP contribution in [0, 0.1) is 0 Å². The summed E-state index contributed by atoms with van der Waals surface area (Å²) in [5.74, 6) is 0. The molecule has 15 heavy (non-hydrogen) atoms. The number of benzene rings is 1. The van der Waals surface area contributed by atoms with Gasteiger partial charge in [0.2, 0.25) is 0 Å². The maximum absolute atomic E-state index is 5.36. The maximum atomic E-state index is 5.36. The fraction of sp³-hybridized carbons (Fsp3) is 0.167. The summed E-state index contributed by atoms with van der Waals surface area (Å²) in [6.07, 6.45) is 5.68. The van der Waals surface area contributed by atoms with Gasteiger partial charge in [-0.2, -0.15) is 0 Å². The summed E-state index contributed by atoms with van der Waals surface area (Å²) in [5, 5.41) is 1.15. The van der Waals surface area contributed by atoms with Crippen LogP contribution in [0.2, 0.25) is 0 Å². The van der Waals surface area contributed by atoms with Gasteiger partial charge in [0.05, 0.1) is 0 Å². The van der Waals surface area contributed by atoms with Crippen LogP contribution >= 0.6 is 0 Å². The Labute approximate surface area is 92.7 Å². The summed E-state index contributed by atoms with van der Waals surface area (Å²) in [4.78, 5) is 0. The number of allylic oxidation sites excluding steroid dienone is 2. The third kappa shape index (κ3) is 3.16. The van der Waals surface area contributed by atoms with E-state index in [0.29, 0.717) is 0 Å². The van der Waals surface area contributed by atoms with Gasteiger partial charge in [0.15, 0.2) is 0 Å². The number of hydrogen-bond donors (Lipinski definition) is 0. The molecule has 0 fully saturated rings. The van der Waals surface area contributed by atoms with Crippen LogP contribution in [0.15, 0.2) is 43.0 Å². The first-order valence-electron chi connectivity index (χ1n) is 4.77. The summed E-state index contributed by atoms with van der Waals surface area (Å²) in [7, 11) is 1.66. The van der Waals surface area contributed by atoms with Crippen LogP contribution in [-0.2, 0) is 8.85 Å². The zero-order valence-corrected chi connectivity index (χ0v) is 10.3. The molecule has 0 saturated carbocycles. The molecular weight excluding hydrogens is 204 g/mol. The van der Waals surface area contributed by atoms with Crippen molar-refractivity contribution in [3.63, 3.8) is 0 Å². The van der Waals surface area contributed by atoms with E-state index in [1.807, 2.05) is 36.4 Å². The summed E-state index contributed by atoms with van der Waals surface area (Å²) in [5.41, 5.74) is 1.14. The van der Waals surface area contributed by atoms with Crippen LogP contribution < -0.4 is 5.19 Å². The minimum absolute atomic E-state index is 1.14. The molecule has 0 N–H and O–H groups in total. The SMILES string of the molecule is C=CC=Cc1ccccc1[SiH](OC)OC. The van der Waals surface area contributed by atoms with Crippen molar-refractivity contribution in [1.29, 1.82) is 0 Å². The standard InChI is InChI=1S/C12H16O2Si/c1-4-5-8-11-9-6-7-10-12(11)15(13-2)14-3/h4-10,15H,1H2,2-3H3. The van der Waals surface area contributed by atoms with Crippen LogP contribution in [0.3, 0.4) is 0 Å². The van der Waals surface area contributed by atoms with E-state index < -0.39 is 9.28 Å². The van der Waals surface area contributed by atoms with Crippen molar-refractivity contribution in [2.75, 3.05) is 14.2 Å². The Morgan fingerprint density at radius 2 is 1.87 bits per heavy atom. The first kappa shape index (κ1) is 11.9. The third-order valence-corrected chi connectivity index (χ3v) is 3.98. The largest absolute Gasteiger partial charge is 0.397 e. The number of hydrogen-bond acceptors (Lipinski definition) is 2. The van der Waals surface area contributed by atoms with Crippen molar-refractivity contribution in [2.24, 2.45) is 0 Å². The average molecular weight is 220 g/mol. The molecule has 0 heterocycles. The van der Waals surface area contributed by atoms with Gasteiger partial charge in [-0.25, -0.2) is 0 Å². The quantitative estimate of drug-likeness (QED) is 0.554. The Hall–Kier alpha value is -1.16. The van der Waals surface area contributed by atoms with Gasteiger partial charge in [0.1, 0.15) is 0 Å². The molecule has 0 aliphatic carbocycles. The zero-order chi connectivity index (χ0) is 11.1. The lowest BCUT2D eigenvalue weighted by Gasteiger charge is -2.13. The predicted molar refractivity (Wildman–Crippen MR) is 66.5 cm³/mol. The molecule has 1 rings (SSSR count). The molecule has 2 nitrogen and oxygen atoms in total. The highest BCUT2D eigenvalue weighted by Crippen LogP contribution is 2.02. The van der Waals surface area contributed by atoms with E-state index in [1.54, 1.807) is 20.3 Å². The zero-order valence-electron chi connectivity index (χ0n) is 9.14. The Kier molecular flexibility index (Phi) is 5.04. The first-order chi connectivity index (χ1) is 7.33. The summed E-state index contributed by atoms with van der Waals surface area (Å²) >= 11 is 0. The molecule has 0 aliphatic rings. The molecular formula is C12H16O2Si. The molecule has 0 radical (unpaired) electrons. The smallest absolute Gasteiger partial charge is 0.355 e. The Balaban J connectivity index is 3.04. The molecule has 0 spiro atoms. The monoisotopic (exact) mass is 220 g/mol. The molecule has 0 bridgehead atoms. The second-order valence-corrected chi connectivity index (χ2v) is 5.26. The van der Waals surface area contributed by atoms with Crippen molar-refractivity contribution < 1.29 is 8.85 Å². The molecule has 0 amide bonds. The van der Waals surface area contributed by atoms with Crippen molar-refractivity contribution in [2.45, 2.75) is 0 Å². The third-order valence-electron chi connectivity index (χ3n) is 2.09. The highest BCUT2D eigenvalue weighted by Gasteiger charge is 2.15. The fourth-order valence-corrected chi connectivity index (χ4v) is 2.83. The fourth-order valence-electron chi connectivity index (χ4n) is 1.40. The van der Waals surface area contributed by atoms with E-state index in [1.165, 1.54) is 0 Å². The predicted octanol–water partition coefficient (Wildman–Crippen LogP) is 1.61. The molecule has 0 aromatic heterocycles. The number of rotatable bonds is 5.